The third kappa shape index (κ3) is 4.92. The molecule has 0 spiro atoms. The summed E-state index contributed by atoms with van der Waals surface area (Å²) in [5.41, 5.74) is -2.18. The number of para-hydroxylation sites is 1. The van der Waals surface area contributed by atoms with E-state index in [1.165, 1.54) is 12.0 Å². The van der Waals surface area contributed by atoms with Crippen molar-refractivity contribution in [3.8, 4) is 5.75 Å². The SMILES string of the molecule is COC(=O)C(N1C(=O)C(NC(=O)C(C)(C)Oc2ccccc2)C1Cl)C(C)(C)SCl. The molecule has 10 heteroatoms. The number of benzene rings is 1. The lowest BCUT2D eigenvalue weighted by atomic mass is 9.94. The maximum absolute atomic E-state index is 12.7. The number of hydrogen-bond acceptors (Lipinski definition) is 6. The van der Waals surface area contributed by atoms with Crippen molar-refractivity contribution in [3.63, 3.8) is 0 Å². The van der Waals surface area contributed by atoms with Crippen molar-refractivity contribution >= 4 is 51.0 Å². The number of ether oxygens (including phenoxy) is 2. The van der Waals surface area contributed by atoms with E-state index in [-0.39, 0.29) is 0 Å². The monoisotopic (exact) mass is 462 g/mol. The van der Waals surface area contributed by atoms with Crippen LogP contribution in [0.5, 0.6) is 5.75 Å². The zero-order valence-corrected chi connectivity index (χ0v) is 19.1. The predicted molar refractivity (Wildman–Crippen MR) is 113 cm³/mol. The van der Waals surface area contributed by atoms with Crippen LogP contribution in [0.25, 0.3) is 0 Å². The molecule has 1 aliphatic heterocycles. The van der Waals surface area contributed by atoms with Crippen molar-refractivity contribution in [1.29, 1.82) is 0 Å². The first kappa shape index (κ1) is 23.6. The highest BCUT2D eigenvalue weighted by Crippen LogP contribution is 2.40. The van der Waals surface area contributed by atoms with E-state index in [0.29, 0.717) is 5.75 Å². The zero-order chi connectivity index (χ0) is 22.0. The molecule has 1 aromatic rings. The lowest BCUT2D eigenvalue weighted by molar-refractivity contribution is -0.166. The number of β-lactam (4-membered cyclic amide) rings is 1. The number of amides is 2. The Hall–Kier alpha value is -1.64. The number of carbonyl (C=O) groups is 3. The quantitative estimate of drug-likeness (QED) is 0.276. The maximum atomic E-state index is 12.7. The van der Waals surface area contributed by atoms with Gasteiger partial charge in [0.25, 0.3) is 11.8 Å². The van der Waals surface area contributed by atoms with Gasteiger partial charge in [-0.1, -0.05) is 29.8 Å². The summed E-state index contributed by atoms with van der Waals surface area (Å²) < 4.78 is 9.69. The first-order valence-electron chi connectivity index (χ1n) is 8.85. The van der Waals surface area contributed by atoms with Crippen LogP contribution in [0.15, 0.2) is 30.3 Å². The van der Waals surface area contributed by atoms with E-state index in [1.54, 1.807) is 52.0 Å². The van der Waals surface area contributed by atoms with Gasteiger partial charge in [-0.05, 0) is 61.5 Å². The molecule has 0 radical (unpaired) electrons. The Balaban J connectivity index is 2.11. The molecule has 3 atom stereocenters. The van der Waals surface area contributed by atoms with E-state index >= 15 is 0 Å². The van der Waals surface area contributed by atoms with Crippen molar-refractivity contribution in [3.05, 3.63) is 30.3 Å². The first-order valence-corrected chi connectivity index (χ1v) is 10.9. The van der Waals surface area contributed by atoms with E-state index in [1.807, 2.05) is 6.07 Å². The number of hydrogen-bond donors (Lipinski definition) is 1. The third-order valence-electron chi connectivity index (χ3n) is 4.57. The Morgan fingerprint density at radius 1 is 1.21 bits per heavy atom. The number of alkyl halides is 1. The van der Waals surface area contributed by atoms with E-state index < -0.39 is 45.7 Å². The number of likely N-dealkylation sites (tertiary alicyclic amines) is 1. The van der Waals surface area contributed by atoms with Crippen molar-refractivity contribution in [2.24, 2.45) is 0 Å². The second-order valence-corrected chi connectivity index (χ2v) is 9.72. The largest absolute Gasteiger partial charge is 0.478 e. The Bertz CT molecular complexity index is 775. The minimum absolute atomic E-state index is 0.497. The summed E-state index contributed by atoms with van der Waals surface area (Å²) in [5.74, 6) is -1.13. The van der Waals surface area contributed by atoms with Crippen LogP contribution in [0.2, 0.25) is 0 Å². The van der Waals surface area contributed by atoms with Gasteiger partial charge >= 0.3 is 5.97 Å². The number of carbonyl (C=O) groups excluding carboxylic acids is 3. The molecule has 2 amide bonds. The van der Waals surface area contributed by atoms with Crippen LogP contribution in [-0.2, 0) is 19.1 Å². The molecule has 0 saturated carbocycles. The third-order valence-corrected chi connectivity index (χ3v) is 6.85. The van der Waals surface area contributed by atoms with E-state index in [4.69, 9.17) is 31.8 Å². The highest BCUT2D eigenvalue weighted by atomic mass is 35.7. The molecule has 1 N–H and O–H groups in total. The Morgan fingerprint density at radius 2 is 1.79 bits per heavy atom. The highest BCUT2D eigenvalue weighted by Gasteiger charge is 2.57. The summed E-state index contributed by atoms with van der Waals surface area (Å²) in [5, 5.41) is 2.61. The molecule has 1 saturated heterocycles. The summed E-state index contributed by atoms with van der Waals surface area (Å²) in [6, 6.07) is 6.85. The number of nitrogens with zero attached hydrogens (tertiary/aromatic N) is 1. The minimum atomic E-state index is -1.24. The highest BCUT2D eigenvalue weighted by molar-refractivity contribution is 8.22. The van der Waals surface area contributed by atoms with Gasteiger partial charge in [0.2, 0.25) is 0 Å². The number of rotatable bonds is 8. The van der Waals surface area contributed by atoms with Crippen LogP contribution in [0.3, 0.4) is 0 Å². The molecular weight excluding hydrogens is 439 g/mol. The predicted octanol–water partition coefficient (Wildman–Crippen LogP) is 2.94. The van der Waals surface area contributed by atoms with Crippen LogP contribution < -0.4 is 10.1 Å². The van der Waals surface area contributed by atoms with Gasteiger partial charge in [-0.2, -0.15) is 0 Å². The second kappa shape index (κ2) is 9.02. The van der Waals surface area contributed by atoms with Gasteiger partial charge in [0.05, 0.1) is 11.9 Å². The molecule has 0 aromatic heterocycles. The normalized spacial score (nSPS) is 20.5. The molecule has 7 nitrogen and oxygen atoms in total. The molecule has 29 heavy (non-hydrogen) atoms. The average molecular weight is 463 g/mol. The fraction of sp³-hybridized carbons (Fsp3) is 0.526. The summed E-state index contributed by atoms with van der Waals surface area (Å²) >= 11 is 6.38. The van der Waals surface area contributed by atoms with Crippen molar-refractivity contribution in [1.82, 2.24) is 10.2 Å². The van der Waals surface area contributed by atoms with Crippen LogP contribution in [0, 0.1) is 0 Å². The van der Waals surface area contributed by atoms with Gasteiger partial charge in [0, 0.05) is 0 Å². The lowest BCUT2D eigenvalue weighted by Gasteiger charge is -2.50. The van der Waals surface area contributed by atoms with Crippen LogP contribution in [0.1, 0.15) is 27.7 Å². The van der Waals surface area contributed by atoms with Gasteiger partial charge < -0.3 is 19.7 Å². The van der Waals surface area contributed by atoms with Gasteiger partial charge in [-0.15, -0.1) is 0 Å². The smallest absolute Gasteiger partial charge is 0.330 e. The maximum Gasteiger partial charge on any atom is 0.330 e. The first-order chi connectivity index (χ1) is 13.5. The molecule has 1 fully saturated rings. The molecule has 2 rings (SSSR count). The number of nitrogens with one attached hydrogen (secondary N) is 1. The lowest BCUT2D eigenvalue weighted by Crippen LogP contribution is -2.75. The molecule has 1 aliphatic rings. The number of halogens is 2. The van der Waals surface area contributed by atoms with Crippen LogP contribution >= 0.6 is 33.3 Å². The van der Waals surface area contributed by atoms with E-state index in [0.717, 1.165) is 11.0 Å². The number of methoxy groups -OCH3 is 1. The fourth-order valence-corrected chi connectivity index (χ4v) is 3.84. The summed E-state index contributed by atoms with van der Waals surface area (Å²) in [4.78, 5) is 38.9. The summed E-state index contributed by atoms with van der Waals surface area (Å²) in [6.07, 6.45) is 0. The molecular formula is C19H24Cl2N2O5S. The standard InChI is InChI=1S/C19H24Cl2N2O5S/c1-18(2,28-11-9-7-6-8-10-11)17(26)22-12-14(20)23(15(12)24)13(16(25)27-5)19(3,4)29-21/h6-10,12-14H,1-5H3,(H,22,26). The molecule has 1 aromatic carbocycles. The van der Waals surface area contributed by atoms with E-state index in [2.05, 4.69) is 5.32 Å². The Morgan fingerprint density at radius 3 is 2.28 bits per heavy atom. The summed E-state index contributed by atoms with van der Waals surface area (Å²) in [6.45, 7) is 6.58. The van der Waals surface area contributed by atoms with Crippen molar-refractivity contribution in [2.45, 2.75) is 55.6 Å². The van der Waals surface area contributed by atoms with Gasteiger partial charge in [-0.25, -0.2) is 4.79 Å². The Kier molecular flexibility index (Phi) is 7.35. The molecule has 0 bridgehead atoms. The minimum Gasteiger partial charge on any atom is -0.478 e. The van der Waals surface area contributed by atoms with Crippen molar-refractivity contribution in [2.75, 3.05) is 7.11 Å². The van der Waals surface area contributed by atoms with Crippen molar-refractivity contribution < 1.29 is 23.9 Å². The molecule has 1 heterocycles. The zero-order valence-electron chi connectivity index (χ0n) is 16.8. The Labute approximate surface area is 183 Å². The van der Waals surface area contributed by atoms with Gasteiger partial charge in [-0.3, -0.25) is 9.59 Å². The van der Waals surface area contributed by atoms with Gasteiger partial charge in [0.1, 0.15) is 23.3 Å². The second-order valence-electron chi connectivity index (χ2n) is 7.60. The average Bonchev–Trinajstić information content (AvgIpc) is 2.69. The number of esters is 1. The molecule has 3 unspecified atom stereocenters. The van der Waals surface area contributed by atoms with E-state index in [9.17, 15) is 14.4 Å². The molecule has 160 valence electrons. The summed E-state index contributed by atoms with van der Waals surface area (Å²) in [7, 11) is 8.02. The van der Waals surface area contributed by atoms with Crippen LogP contribution in [0.4, 0.5) is 0 Å². The van der Waals surface area contributed by atoms with Crippen LogP contribution in [-0.4, -0.2) is 57.7 Å². The fourth-order valence-electron chi connectivity index (χ4n) is 2.91. The molecule has 0 aliphatic carbocycles. The topological polar surface area (TPSA) is 84.9 Å². The van der Waals surface area contributed by atoms with Gasteiger partial charge in [0.15, 0.2) is 5.60 Å².